The van der Waals surface area contributed by atoms with E-state index >= 15 is 0 Å². The molecule has 0 unspecified atom stereocenters. The highest BCUT2D eigenvalue weighted by Crippen LogP contribution is 2.25. The molecule has 2 aromatic carbocycles. The summed E-state index contributed by atoms with van der Waals surface area (Å²) in [4.78, 5) is 12.4. The third-order valence-electron chi connectivity index (χ3n) is 3.31. The van der Waals surface area contributed by atoms with E-state index in [-0.39, 0.29) is 5.78 Å². The number of nitrogen functional groups attached to an aromatic ring is 1. The molecule has 0 aliphatic carbocycles. The molecular weight excluding hydrogens is 270 g/mol. The molecule has 20 heavy (non-hydrogen) atoms. The summed E-state index contributed by atoms with van der Waals surface area (Å²) in [6, 6.07) is 12.8. The first-order valence-corrected chi connectivity index (χ1v) is 7.19. The molecule has 0 atom stereocenters. The van der Waals surface area contributed by atoms with E-state index in [1.165, 1.54) is 12.0 Å². The van der Waals surface area contributed by atoms with Crippen molar-refractivity contribution in [2.45, 2.75) is 26.2 Å². The smallest absolute Gasteiger partial charge is 0.194 e. The molecule has 0 aliphatic heterocycles. The zero-order valence-corrected chi connectivity index (χ0v) is 12.3. The second-order valence-electron chi connectivity index (χ2n) is 4.84. The van der Waals surface area contributed by atoms with Crippen molar-refractivity contribution in [1.29, 1.82) is 0 Å². The number of hydrogen-bond donors (Lipinski definition) is 1. The number of unbranched alkanes of at least 4 members (excludes halogenated alkanes) is 1. The number of anilines is 1. The number of carbonyl (C=O) groups is 1. The van der Waals surface area contributed by atoms with Crippen molar-refractivity contribution in [3.8, 4) is 0 Å². The van der Waals surface area contributed by atoms with Crippen molar-refractivity contribution in [3.05, 3.63) is 64.2 Å². The number of ketones is 1. The Bertz CT molecular complexity index is 605. The molecule has 2 nitrogen and oxygen atoms in total. The molecule has 0 aliphatic rings. The number of aryl methyl sites for hydroxylation is 1. The fraction of sp³-hybridized carbons (Fsp3) is 0.235. The van der Waals surface area contributed by atoms with Crippen LogP contribution in [-0.4, -0.2) is 5.78 Å². The van der Waals surface area contributed by atoms with Crippen molar-refractivity contribution in [2.75, 3.05) is 5.73 Å². The van der Waals surface area contributed by atoms with E-state index in [0.717, 1.165) is 12.8 Å². The predicted molar refractivity (Wildman–Crippen MR) is 84.4 cm³/mol. The summed E-state index contributed by atoms with van der Waals surface area (Å²) in [5.74, 6) is -0.0932. The van der Waals surface area contributed by atoms with Crippen LogP contribution in [0.25, 0.3) is 0 Å². The van der Waals surface area contributed by atoms with Crippen molar-refractivity contribution in [2.24, 2.45) is 0 Å². The quantitative estimate of drug-likeness (QED) is 0.650. The minimum absolute atomic E-state index is 0.0932. The monoisotopic (exact) mass is 287 g/mol. The van der Waals surface area contributed by atoms with Gasteiger partial charge in [-0.25, -0.2) is 0 Å². The number of benzene rings is 2. The molecule has 0 bridgehead atoms. The summed E-state index contributed by atoms with van der Waals surface area (Å²) in [7, 11) is 0. The first-order chi connectivity index (χ1) is 9.63. The molecule has 0 saturated carbocycles. The summed E-state index contributed by atoms with van der Waals surface area (Å²) < 4.78 is 0. The second kappa shape index (κ2) is 6.58. The molecule has 0 aromatic heterocycles. The lowest BCUT2D eigenvalue weighted by molar-refractivity contribution is 0.103. The largest absolute Gasteiger partial charge is 0.398 e. The van der Waals surface area contributed by atoms with Gasteiger partial charge in [-0.3, -0.25) is 4.79 Å². The number of nitrogens with two attached hydrogens (primary N) is 1. The van der Waals surface area contributed by atoms with Gasteiger partial charge >= 0.3 is 0 Å². The van der Waals surface area contributed by atoms with Gasteiger partial charge in [-0.2, -0.15) is 0 Å². The first-order valence-electron chi connectivity index (χ1n) is 6.81. The molecule has 0 heterocycles. The standard InChI is InChI=1S/C17H18ClNO/c1-2-3-5-12-8-10-13(11-9-12)17(20)14-6-4-7-15(19)16(14)18/h4,6-11H,2-3,5,19H2,1H3. The lowest BCUT2D eigenvalue weighted by Crippen LogP contribution is -2.03. The van der Waals surface area contributed by atoms with Crippen LogP contribution in [0.3, 0.4) is 0 Å². The SMILES string of the molecule is CCCCc1ccc(C(=O)c2cccc(N)c2Cl)cc1. The van der Waals surface area contributed by atoms with Gasteiger partial charge in [0.25, 0.3) is 0 Å². The third-order valence-corrected chi connectivity index (χ3v) is 3.73. The summed E-state index contributed by atoms with van der Waals surface area (Å²) in [6.45, 7) is 2.17. The van der Waals surface area contributed by atoms with Crippen LogP contribution in [0, 0.1) is 0 Å². The van der Waals surface area contributed by atoms with Gasteiger partial charge in [-0.1, -0.05) is 55.3 Å². The Labute approximate surface area is 124 Å². The van der Waals surface area contributed by atoms with Gasteiger partial charge in [0.15, 0.2) is 5.78 Å². The summed E-state index contributed by atoms with van der Waals surface area (Å²) in [5, 5.41) is 0.326. The molecule has 104 valence electrons. The van der Waals surface area contributed by atoms with Crippen molar-refractivity contribution in [3.63, 3.8) is 0 Å². The molecule has 0 saturated heterocycles. The Hall–Kier alpha value is -1.80. The number of carbonyl (C=O) groups excluding carboxylic acids is 1. The lowest BCUT2D eigenvalue weighted by Gasteiger charge is -2.07. The molecular formula is C17H18ClNO. The van der Waals surface area contributed by atoms with Crippen LogP contribution < -0.4 is 5.73 Å². The van der Waals surface area contributed by atoms with E-state index in [4.69, 9.17) is 17.3 Å². The highest BCUT2D eigenvalue weighted by Gasteiger charge is 2.14. The Balaban J connectivity index is 2.23. The van der Waals surface area contributed by atoms with E-state index in [2.05, 4.69) is 6.92 Å². The third kappa shape index (κ3) is 3.20. The van der Waals surface area contributed by atoms with Crippen LogP contribution in [0.1, 0.15) is 41.3 Å². The predicted octanol–water partition coefficient (Wildman–Crippen LogP) is 4.50. The fourth-order valence-electron chi connectivity index (χ4n) is 2.08. The normalized spacial score (nSPS) is 10.5. The van der Waals surface area contributed by atoms with Crippen molar-refractivity contribution >= 4 is 23.1 Å². The number of hydrogen-bond acceptors (Lipinski definition) is 2. The Morgan fingerprint density at radius 1 is 1.15 bits per heavy atom. The number of halogens is 1. The zero-order valence-electron chi connectivity index (χ0n) is 11.5. The topological polar surface area (TPSA) is 43.1 Å². The Morgan fingerprint density at radius 3 is 2.50 bits per heavy atom. The zero-order chi connectivity index (χ0) is 14.5. The van der Waals surface area contributed by atoms with E-state index in [1.54, 1.807) is 18.2 Å². The number of rotatable bonds is 5. The molecule has 0 fully saturated rings. The summed E-state index contributed by atoms with van der Waals surface area (Å²) in [5.41, 5.74) is 8.50. The molecule has 3 heteroatoms. The molecule has 2 N–H and O–H groups in total. The second-order valence-corrected chi connectivity index (χ2v) is 5.22. The van der Waals surface area contributed by atoms with Crippen molar-refractivity contribution in [1.82, 2.24) is 0 Å². The van der Waals surface area contributed by atoms with Gasteiger partial charge < -0.3 is 5.73 Å². The van der Waals surface area contributed by atoms with E-state index in [9.17, 15) is 4.79 Å². The highest BCUT2D eigenvalue weighted by molar-refractivity contribution is 6.37. The molecule has 0 radical (unpaired) electrons. The summed E-state index contributed by atoms with van der Waals surface area (Å²) in [6.07, 6.45) is 3.37. The van der Waals surface area contributed by atoms with Gasteiger partial charge in [-0.15, -0.1) is 0 Å². The van der Waals surface area contributed by atoms with Crippen LogP contribution in [0.15, 0.2) is 42.5 Å². The van der Waals surface area contributed by atoms with Crippen LogP contribution in [-0.2, 0) is 6.42 Å². The maximum absolute atomic E-state index is 12.4. The molecule has 0 amide bonds. The summed E-state index contributed by atoms with van der Waals surface area (Å²) >= 11 is 6.09. The minimum atomic E-state index is -0.0932. The van der Waals surface area contributed by atoms with Gasteiger partial charge in [-0.05, 0) is 30.5 Å². The average Bonchev–Trinajstić information content (AvgIpc) is 2.48. The van der Waals surface area contributed by atoms with Gasteiger partial charge in [0.05, 0.1) is 10.7 Å². The van der Waals surface area contributed by atoms with Gasteiger partial charge in [0, 0.05) is 11.1 Å². The minimum Gasteiger partial charge on any atom is -0.398 e. The Morgan fingerprint density at radius 2 is 1.85 bits per heavy atom. The molecule has 2 rings (SSSR count). The molecule has 0 spiro atoms. The van der Waals surface area contributed by atoms with E-state index in [1.807, 2.05) is 24.3 Å². The Kier molecular flexibility index (Phi) is 4.80. The van der Waals surface area contributed by atoms with Crippen LogP contribution in [0.4, 0.5) is 5.69 Å². The average molecular weight is 288 g/mol. The maximum atomic E-state index is 12.4. The van der Waals surface area contributed by atoms with E-state index < -0.39 is 0 Å². The molecule has 2 aromatic rings. The lowest BCUT2D eigenvalue weighted by atomic mass is 10.00. The van der Waals surface area contributed by atoms with Gasteiger partial charge in [0.2, 0.25) is 0 Å². The van der Waals surface area contributed by atoms with Crippen LogP contribution in [0.2, 0.25) is 5.02 Å². The fourth-order valence-corrected chi connectivity index (χ4v) is 2.30. The first kappa shape index (κ1) is 14.6. The van der Waals surface area contributed by atoms with Crippen LogP contribution >= 0.6 is 11.6 Å². The maximum Gasteiger partial charge on any atom is 0.194 e. The van der Waals surface area contributed by atoms with Crippen molar-refractivity contribution < 1.29 is 4.79 Å². The van der Waals surface area contributed by atoms with Gasteiger partial charge in [0.1, 0.15) is 0 Å². The highest BCUT2D eigenvalue weighted by atomic mass is 35.5. The van der Waals surface area contributed by atoms with E-state index in [0.29, 0.717) is 21.8 Å². The van der Waals surface area contributed by atoms with Crippen LogP contribution in [0.5, 0.6) is 0 Å².